The predicted molar refractivity (Wildman–Crippen MR) is 74.8 cm³/mol. The van der Waals surface area contributed by atoms with Crippen LogP contribution in [0.2, 0.25) is 10.0 Å². The first kappa shape index (κ1) is 16.8. The van der Waals surface area contributed by atoms with Crippen LogP contribution in [0.4, 0.5) is 0 Å². The molecule has 0 aliphatic carbocycles. The lowest BCUT2D eigenvalue weighted by molar-refractivity contribution is -0.139. The molecule has 110 valence electrons. The summed E-state index contributed by atoms with van der Waals surface area (Å²) in [4.78, 5) is 22.5. The quantitative estimate of drug-likeness (QED) is 0.754. The first-order valence-corrected chi connectivity index (χ1v) is 6.65. The summed E-state index contributed by atoms with van der Waals surface area (Å²) in [6, 6.07) is 2.79. The van der Waals surface area contributed by atoms with Crippen molar-refractivity contribution in [1.82, 2.24) is 0 Å². The summed E-state index contributed by atoms with van der Waals surface area (Å²) in [7, 11) is 0. The Balaban J connectivity index is 3.05. The van der Waals surface area contributed by atoms with Crippen LogP contribution in [0.5, 0.6) is 5.75 Å². The maximum Gasteiger partial charge on any atom is 0.341 e. The van der Waals surface area contributed by atoms with E-state index in [1.807, 2.05) is 0 Å². The number of hydrogen-bond donors (Lipinski definition) is 2. The summed E-state index contributed by atoms with van der Waals surface area (Å²) in [5.41, 5.74) is 0.181. The standard InChI is InChI=1S/C13H14Cl2O5/c1-2-7(5-16)13(19)8-3-4-9(12(15)11(8)14)20-6-10(17)18/h3-4,7,16H,2,5-6H2,1H3,(H,17,18)/t7-/m0/s1. The third kappa shape index (κ3) is 3.85. The van der Waals surface area contributed by atoms with E-state index in [1.165, 1.54) is 12.1 Å². The Morgan fingerprint density at radius 1 is 1.30 bits per heavy atom. The van der Waals surface area contributed by atoms with Gasteiger partial charge in [0, 0.05) is 11.5 Å². The highest BCUT2D eigenvalue weighted by Gasteiger charge is 2.22. The van der Waals surface area contributed by atoms with Gasteiger partial charge in [0.1, 0.15) is 10.8 Å². The Morgan fingerprint density at radius 2 is 1.95 bits per heavy atom. The number of aliphatic hydroxyl groups is 1. The second kappa shape index (κ2) is 7.47. The van der Waals surface area contributed by atoms with Crippen molar-refractivity contribution in [3.63, 3.8) is 0 Å². The largest absolute Gasteiger partial charge is 0.480 e. The van der Waals surface area contributed by atoms with E-state index in [1.54, 1.807) is 6.92 Å². The van der Waals surface area contributed by atoms with E-state index in [4.69, 9.17) is 38.2 Å². The number of ketones is 1. The zero-order valence-corrected chi connectivity index (χ0v) is 12.2. The molecule has 0 fully saturated rings. The highest BCUT2D eigenvalue weighted by Crippen LogP contribution is 2.35. The van der Waals surface area contributed by atoms with E-state index in [0.29, 0.717) is 6.42 Å². The fourth-order valence-electron chi connectivity index (χ4n) is 1.59. The topological polar surface area (TPSA) is 83.8 Å². The maximum absolute atomic E-state index is 12.1. The van der Waals surface area contributed by atoms with Crippen LogP contribution in [0, 0.1) is 5.92 Å². The molecule has 0 aliphatic heterocycles. The van der Waals surface area contributed by atoms with Crippen molar-refractivity contribution in [2.75, 3.05) is 13.2 Å². The molecular formula is C13H14Cl2O5. The Labute approximate surface area is 126 Å². The van der Waals surface area contributed by atoms with Crippen LogP contribution in [0.25, 0.3) is 0 Å². The molecular weight excluding hydrogens is 307 g/mol. The van der Waals surface area contributed by atoms with Gasteiger partial charge in [-0.25, -0.2) is 4.79 Å². The van der Waals surface area contributed by atoms with Crippen molar-refractivity contribution in [2.45, 2.75) is 13.3 Å². The molecule has 0 aliphatic rings. The molecule has 0 radical (unpaired) electrons. The summed E-state index contributed by atoms with van der Waals surface area (Å²) in [6.45, 7) is 0.941. The third-order valence-electron chi connectivity index (χ3n) is 2.75. The number of carbonyl (C=O) groups is 2. The first-order valence-electron chi connectivity index (χ1n) is 5.90. The number of ether oxygens (including phenoxy) is 1. The number of Topliss-reactive ketones (excluding diaryl/α,β-unsaturated/α-hetero) is 1. The van der Waals surface area contributed by atoms with Gasteiger partial charge in [0.15, 0.2) is 12.4 Å². The summed E-state index contributed by atoms with van der Waals surface area (Å²) < 4.78 is 4.95. The molecule has 0 bridgehead atoms. The second-order valence-electron chi connectivity index (χ2n) is 4.07. The number of aliphatic carboxylic acids is 1. The molecule has 5 nitrogen and oxygen atoms in total. The minimum atomic E-state index is -1.15. The van der Waals surface area contributed by atoms with Crippen LogP contribution in [-0.2, 0) is 4.79 Å². The monoisotopic (exact) mass is 320 g/mol. The molecule has 0 saturated carbocycles. The number of hydrogen-bond acceptors (Lipinski definition) is 4. The van der Waals surface area contributed by atoms with E-state index < -0.39 is 18.5 Å². The number of aliphatic hydroxyl groups excluding tert-OH is 1. The van der Waals surface area contributed by atoms with Gasteiger partial charge >= 0.3 is 5.97 Å². The van der Waals surface area contributed by atoms with Gasteiger partial charge in [0.2, 0.25) is 0 Å². The zero-order chi connectivity index (χ0) is 15.3. The average Bonchev–Trinajstić information content (AvgIpc) is 2.41. The van der Waals surface area contributed by atoms with Crippen LogP contribution < -0.4 is 4.74 Å². The van der Waals surface area contributed by atoms with E-state index in [2.05, 4.69) is 0 Å². The van der Waals surface area contributed by atoms with Gasteiger partial charge in [-0.3, -0.25) is 4.79 Å². The van der Waals surface area contributed by atoms with Crippen LogP contribution in [0.1, 0.15) is 23.7 Å². The SMILES string of the molecule is CC[C@@H](CO)C(=O)c1ccc(OCC(=O)O)c(Cl)c1Cl. The molecule has 1 atom stereocenters. The Bertz CT molecular complexity index is 512. The van der Waals surface area contributed by atoms with E-state index >= 15 is 0 Å². The predicted octanol–water partition coefficient (Wildman–Crippen LogP) is 2.66. The summed E-state index contributed by atoms with van der Waals surface area (Å²) in [6.07, 6.45) is 0.473. The lowest BCUT2D eigenvalue weighted by Gasteiger charge is -2.14. The lowest BCUT2D eigenvalue weighted by Crippen LogP contribution is -2.18. The molecule has 1 rings (SSSR count). The molecule has 0 unspecified atom stereocenters. The van der Waals surface area contributed by atoms with Crippen molar-refractivity contribution in [2.24, 2.45) is 5.92 Å². The fraction of sp³-hybridized carbons (Fsp3) is 0.385. The molecule has 2 N–H and O–H groups in total. The van der Waals surface area contributed by atoms with Crippen LogP contribution in [0.15, 0.2) is 12.1 Å². The van der Waals surface area contributed by atoms with Crippen molar-refractivity contribution in [3.05, 3.63) is 27.7 Å². The minimum absolute atomic E-state index is 0.00791. The minimum Gasteiger partial charge on any atom is -0.480 e. The van der Waals surface area contributed by atoms with Gasteiger partial charge in [-0.05, 0) is 18.6 Å². The second-order valence-corrected chi connectivity index (χ2v) is 4.83. The van der Waals surface area contributed by atoms with Crippen LogP contribution in [-0.4, -0.2) is 35.2 Å². The number of halogens is 2. The van der Waals surface area contributed by atoms with Gasteiger partial charge in [-0.1, -0.05) is 30.1 Å². The molecule has 1 aromatic carbocycles. The lowest BCUT2D eigenvalue weighted by atomic mass is 9.96. The van der Waals surface area contributed by atoms with Crippen LogP contribution >= 0.6 is 23.2 Å². The first-order chi connectivity index (χ1) is 9.42. The third-order valence-corrected chi connectivity index (χ3v) is 3.61. The molecule has 0 saturated heterocycles. The average molecular weight is 321 g/mol. The Morgan fingerprint density at radius 3 is 2.45 bits per heavy atom. The Hall–Kier alpha value is -1.30. The van der Waals surface area contributed by atoms with Crippen molar-refractivity contribution in [1.29, 1.82) is 0 Å². The summed E-state index contributed by atoms with van der Waals surface area (Å²) >= 11 is 12.0. The van der Waals surface area contributed by atoms with E-state index in [9.17, 15) is 9.59 Å². The highest BCUT2D eigenvalue weighted by atomic mass is 35.5. The zero-order valence-electron chi connectivity index (χ0n) is 10.7. The van der Waals surface area contributed by atoms with Gasteiger partial charge in [0.25, 0.3) is 0 Å². The number of rotatable bonds is 7. The highest BCUT2D eigenvalue weighted by molar-refractivity contribution is 6.44. The van der Waals surface area contributed by atoms with Gasteiger partial charge < -0.3 is 14.9 Å². The molecule has 0 spiro atoms. The van der Waals surface area contributed by atoms with Crippen molar-refractivity contribution in [3.8, 4) is 5.75 Å². The molecule has 0 heterocycles. The summed E-state index contributed by atoms with van der Waals surface area (Å²) in [5.74, 6) is -1.92. The summed E-state index contributed by atoms with van der Waals surface area (Å²) in [5, 5.41) is 17.6. The number of carboxylic acid groups (broad SMARTS) is 1. The van der Waals surface area contributed by atoms with Gasteiger partial charge in [0.05, 0.1) is 11.6 Å². The van der Waals surface area contributed by atoms with Gasteiger partial charge in [-0.15, -0.1) is 0 Å². The smallest absolute Gasteiger partial charge is 0.341 e. The van der Waals surface area contributed by atoms with Gasteiger partial charge in [-0.2, -0.15) is 0 Å². The maximum atomic E-state index is 12.1. The van der Waals surface area contributed by atoms with Crippen molar-refractivity contribution >= 4 is 35.0 Å². The Kier molecular flexibility index (Phi) is 6.26. The van der Waals surface area contributed by atoms with E-state index in [0.717, 1.165) is 0 Å². The normalized spacial score (nSPS) is 12.0. The van der Waals surface area contributed by atoms with Crippen LogP contribution in [0.3, 0.4) is 0 Å². The molecule has 7 heteroatoms. The molecule has 0 aromatic heterocycles. The molecule has 0 amide bonds. The number of benzene rings is 1. The fourth-order valence-corrected chi connectivity index (χ4v) is 2.06. The van der Waals surface area contributed by atoms with E-state index in [-0.39, 0.29) is 33.7 Å². The molecule has 1 aromatic rings. The number of carbonyl (C=O) groups excluding carboxylic acids is 1. The van der Waals surface area contributed by atoms with Crippen molar-refractivity contribution < 1.29 is 24.5 Å². The number of carboxylic acids is 1. The molecule has 20 heavy (non-hydrogen) atoms.